The van der Waals surface area contributed by atoms with E-state index in [4.69, 9.17) is 0 Å². The lowest BCUT2D eigenvalue weighted by molar-refractivity contribution is 0.316. The van der Waals surface area contributed by atoms with Gasteiger partial charge in [0.25, 0.3) is 0 Å². The van der Waals surface area contributed by atoms with Gasteiger partial charge in [-0.2, -0.15) is 0 Å². The van der Waals surface area contributed by atoms with Crippen LogP contribution in [0.25, 0.3) is 0 Å². The minimum Gasteiger partial charge on any atom is -0.0654 e. The van der Waals surface area contributed by atoms with Crippen LogP contribution in [0.2, 0.25) is 0 Å². The summed E-state index contributed by atoms with van der Waals surface area (Å²) in [5.74, 6) is 1.88. The Balaban J connectivity index is 3.32. The molecule has 0 radical (unpaired) electrons. The van der Waals surface area contributed by atoms with E-state index in [9.17, 15) is 0 Å². The zero-order chi connectivity index (χ0) is 15.1. The van der Waals surface area contributed by atoms with E-state index in [-0.39, 0.29) is 0 Å². The van der Waals surface area contributed by atoms with E-state index in [0.717, 1.165) is 11.8 Å². The van der Waals surface area contributed by atoms with Crippen molar-refractivity contribution in [3.05, 3.63) is 0 Å². The molecule has 1 unspecified atom stereocenters. The number of rotatable bonds is 15. The third-order valence-electron chi connectivity index (χ3n) is 4.80. The average Bonchev–Trinajstić information content (AvgIpc) is 2.43. The Hall–Kier alpha value is 0. The molecule has 0 nitrogen and oxygen atoms in total. The van der Waals surface area contributed by atoms with Gasteiger partial charge in [0, 0.05) is 0 Å². The first-order valence-corrected chi connectivity index (χ1v) is 9.72. The van der Waals surface area contributed by atoms with Crippen LogP contribution in [0.1, 0.15) is 118 Å². The zero-order valence-corrected chi connectivity index (χ0v) is 15.1. The highest BCUT2D eigenvalue weighted by molar-refractivity contribution is 4.63. The Bertz CT molecular complexity index is 171. The van der Waals surface area contributed by atoms with E-state index in [0.29, 0.717) is 0 Å². The fourth-order valence-corrected chi connectivity index (χ4v) is 3.17. The van der Waals surface area contributed by atoms with Crippen molar-refractivity contribution < 1.29 is 0 Å². The van der Waals surface area contributed by atoms with Crippen LogP contribution in [-0.4, -0.2) is 0 Å². The van der Waals surface area contributed by atoms with Crippen molar-refractivity contribution in [3.8, 4) is 0 Å². The summed E-state index contributed by atoms with van der Waals surface area (Å²) in [5, 5.41) is 0. The molecule has 0 N–H and O–H groups in total. The summed E-state index contributed by atoms with van der Waals surface area (Å²) in [5.41, 5.74) is 0. The fourth-order valence-electron chi connectivity index (χ4n) is 3.17. The van der Waals surface area contributed by atoms with Gasteiger partial charge in [-0.3, -0.25) is 0 Å². The van der Waals surface area contributed by atoms with Crippen LogP contribution in [0.4, 0.5) is 0 Å². The molecule has 0 aliphatic rings. The van der Waals surface area contributed by atoms with Gasteiger partial charge in [0.2, 0.25) is 0 Å². The standard InChI is InChI=1S/C20H42/c1-5-7-9-10-11-12-13-14-15-16-18-20(19(3)4)17-8-6-2/h19-20H,5-18H2,1-4H3. The van der Waals surface area contributed by atoms with E-state index in [1.807, 2.05) is 0 Å². The third kappa shape index (κ3) is 13.0. The summed E-state index contributed by atoms with van der Waals surface area (Å²) in [6.45, 7) is 9.44. The molecule has 1 atom stereocenters. The molecule has 122 valence electrons. The molecule has 0 amide bonds. The molecule has 0 aromatic rings. The lowest BCUT2D eigenvalue weighted by Gasteiger charge is -2.20. The highest BCUT2D eigenvalue weighted by Gasteiger charge is 2.11. The summed E-state index contributed by atoms with van der Waals surface area (Å²) in [6.07, 6.45) is 20.3. The van der Waals surface area contributed by atoms with E-state index in [1.165, 1.54) is 89.9 Å². The molecule has 0 aliphatic carbocycles. The smallest absolute Gasteiger partial charge is 0.0391 e. The zero-order valence-electron chi connectivity index (χ0n) is 15.1. The molecule has 0 aromatic heterocycles. The Morgan fingerprint density at radius 2 is 0.900 bits per heavy atom. The molecular formula is C20H42. The van der Waals surface area contributed by atoms with Gasteiger partial charge in [0.1, 0.15) is 0 Å². The number of unbranched alkanes of at least 4 members (excludes halogenated alkanes) is 10. The lowest BCUT2D eigenvalue weighted by atomic mass is 9.86. The van der Waals surface area contributed by atoms with Gasteiger partial charge in [-0.1, -0.05) is 118 Å². The fraction of sp³-hybridized carbons (Fsp3) is 1.00. The SMILES string of the molecule is CCCCCCCCCCCCC(CCCC)C(C)C. The Morgan fingerprint density at radius 1 is 0.500 bits per heavy atom. The summed E-state index contributed by atoms with van der Waals surface area (Å²) in [7, 11) is 0. The summed E-state index contributed by atoms with van der Waals surface area (Å²) >= 11 is 0. The monoisotopic (exact) mass is 282 g/mol. The van der Waals surface area contributed by atoms with Crippen LogP contribution in [0, 0.1) is 11.8 Å². The van der Waals surface area contributed by atoms with Crippen LogP contribution in [0.5, 0.6) is 0 Å². The number of hydrogen-bond donors (Lipinski definition) is 0. The summed E-state index contributed by atoms with van der Waals surface area (Å²) in [6, 6.07) is 0. The molecular weight excluding hydrogens is 240 g/mol. The summed E-state index contributed by atoms with van der Waals surface area (Å²) in [4.78, 5) is 0. The molecule has 0 spiro atoms. The quantitative estimate of drug-likeness (QED) is 0.269. The van der Waals surface area contributed by atoms with Crippen molar-refractivity contribution in [2.45, 2.75) is 118 Å². The van der Waals surface area contributed by atoms with Gasteiger partial charge >= 0.3 is 0 Å². The topological polar surface area (TPSA) is 0 Å². The van der Waals surface area contributed by atoms with Crippen molar-refractivity contribution in [2.24, 2.45) is 11.8 Å². The number of hydrogen-bond acceptors (Lipinski definition) is 0. The van der Waals surface area contributed by atoms with Crippen LogP contribution >= 0.6 is 0 Å². The molecule has 0 fully saturated rings. The van der Waals surface area contributed by atoms with Gasteiger partial charge in [0.05, 0.1) is 0 Å². The van der Waals surface area contributed by atoms with Crippen LogP contribution in [-0.2, 0) is 0 Å². The molecule has 0 rings (SSSR count). The lowest BCUT2D eigenvalue weighted by Crippen LogP contribution is -2.08. The molecule has 0 heteroatoms. The average molecular weight is 283 g/mol. The van der Waals surface area contributed by atoms with Crippen molar-refractivity contribution in [1.29, 1.82) is 0 Å². The van der Waals surface area contributed by atoms with Crippen LogP contribution < -0.4 is 0 Å². The van der Waals surface area contributed by atoms with Crippen molar-refractivity contribution >= 4 is 0 Å². The third-order valence-corrected chi connectivity index (χ3v) is 4.80. The second kappa shape index (κ2) is 15.4. The first kappa shape index (κ1) is 20.0. The van der Waals surface area contributed by atoms with Gasteiger partial charge in [-0.15, -0.1) is 0 Å². The van der Waals surface area contributed by atoms with Gasteiger partial charge in [-0.25, -0.2) is 0 Å². The van der Waals surface area contributed by atoms with Gasteiger partial charge in [-0.05, 0) is 11.8 Å². The first-order valence-electron chi connectivity index (χ1n) is 9.72. The summed E-state index contributed by atoms with van der Waals surface area (Å²) < 4.78 is 0. The molecule has 0 aliphatic heterocycles. The predicted molar refractivity (Wildman–Crippen MR) is 94.3 cm³/mol. The van der Waals surface area contributed by atoms with Crippen molar-refractivity contribution in [3.63, 3.8) is 0 Å². The van der Waals surface area contributed by atoms with Crippen LogP contribution in [0.15, 0.2) is 0 Å². The minimum absolute atomic E-state index is 0.889. The second-order valence-electron chi connectivity index (χ2n) is 7.12. The predicted octanol–water partition coefficient (Wildman–Crippen LogP) is 7.76. The maximum absolute atomic E-state index is 2.41. The molecule has 20 heavy (non-hydrogen) atoms. The van der Waals surface area contributed by atoms with Crippen LogP contribution in [0.3, 0.4) is 0 Å². The molecule has 0 heterocycles. The maximum atomic E-state index is 2.41. The Labute approximate surface area is 130 Å². The Morgan fingerprint density at radius 3 is 1.35 bits per heavy atom. The maximum Gasteiger partial charge on any atom is -0.0391 e. The highest BCUT2D eigenvalue weighted by atomic mass is 14.2. The van der Waals surface area contributed by atoms with E-state index >= 15 is 0 Å². The largest absolute Gasteiger partial charge is 0.0654 e. The van der Waals surface area contributed by atoms with Gasteiger partial charge < -0.3 is 0 Å². The minimum atomic E-state index is 0.889. The highest BCUT2D eigenvalue weighted by Crippen LogP contribution is 2.24. The normalized spacial score (nSPS) is 13.1. The Kier molecular flexibility index (Phi) is 15.4. The molecule has 0 saturated carbocycles. The molecule has 0 saturated heterocycles. The van der Waals surface area contributed by atoms with Gasteiger partial charge in [0.15, 0.2) is 0 Å². The van der Waals surface area contributed by atoms with E-state index < -0.39 is 0 Å². The van der Waals surface area contributed by atoms with E-state index in [1.54, 1.807) is 0 Å². The van der Waals surface area contributed by atoms with Crippen molar-refractivity contribution in [1.82, 2.24) is 0 Å². The van der Waals surface area contributed by atoms with E-state index in [2.05, 4.69) is 27.7 Å². The first-order chi connectivity index (χ1) is 9.72. The molecule has 0 bridgehead atoms. The molecule has 0 aromatic carbocycles. The van der Waals surface area contributed by atoms with Crippen molar-refractivity contribution in [2.75, 3.05) is 0 Å². The second-order valence-corrected chi connectivity index (χ2v) is 7.12.